The number of carbonyl (C=O) groups is 1. The summed E-state index contributed by atoms with van der Waals surface area (Å²) in [5.74, 6) is 1.02. The van der Waals surface area contributed by atoms with Crippen LogP contribution in [0.4, 0.5) is 0 Å². The first-order valence-corrected chi connectivity index (χ1v) is 8.89. The molecule has 3 rings (SSSR count). The third-order valence-electron chi connectivity index (χ3n) is 4.39. The van der Waals surface area contributed by atoms with Crippen molar-refractivity contribution in [3.05, 3.63) is 45.9 Å². The molecule has 1 amide bonds. The molecule has 1 atom stereocenters. The second kappa shape index (κ2) is 7.13. The van der Waals surface area contributed by atoms with Crippen molar-refractivity contribution in [3.63, 3.8) is 0 Å². The third-order valence-corrected chi connectivity index (χ3v) is 5.26. The summed E-state index contributed by atoms with van der Waals surface area (Å²) in [7, 11) is 1.66. The molecule has 0 radical (unpaired) electrons. The highest BCUT2D eigenvalue weighted by molar-refractivity contribution is 7.09. The number of aromatic nitrogens is 1. The number of rotatable bonds is 4. The minimum Gasteiger partial charge on any atom is -0.496 e. The van der Waals surface area contributed by atoms with Crippen molar-refractivity contribution in [2.24, 2.45) is 0 Å². The Morgan fingerprint density at radius 3 is 3.04 bits per heavy atom. The first-order valence-electron chi connectivity index (χ1n) is 8.01. The molecular formula is C18H22N2O2S. The van der Waals surface area contributed by atoms with Gasteiger partial charge in [-0.15, -0.1) is 11.3 Å². The Hall–Kier alpha value is -1.88. The highest BCUT2D eigenvalue weighted by Gasteiger charge is 2.29. The molecule has 1 fully saturated rings. The molecule has 1 aliphatic rings. The summed E-state index contributed by atoms with van der Waals surface area (Å²) in [6.45, 7) is 2.83. The van der Waals surface area contributed by atoms with E-state index >= 15 is 0 Å². The summed E-state index contributed by atoms with van der Waals surface area (Å²) in [4.78, 5) is 19.3. The fourth-order valence-corrected chi connectivity index (χ4v) is 3.92. The molecule has 0 bridgehead atoms. The zero-order valence-electron chi connectivity index (χ0n) is 13.6. The van der Waals surface area contributed by atoms with E-state index in [4.69, 9.17) is 4.74 Å². The lowest BCUT2D eigenvalue weighted by atomic mass is 10.0. The van der Waals surface area contributed by atoms with Gasteiger partial charge >= 0.3 is 0 Å². The van der Waals surface area contributed by atoms with Crippen LogP contribution in [-0.2, 0) is 11.2 Å². The number of carbonyl (C=O) groups excluding carboxylic acids is 1. The summed E-state index contributed by atoms with van der Waals surface area (Å²) in [5.41, 5.74) is 2.09. The number of hydrogen-bond donors (Lipinski definition) is 0. The number of methoxy groups -OCH3 is 1. The largest absolute Gasteiger partial charge is 0.496 e. The van der Waals surface area contributed by atoms with E-state index in [1.54, 1.807) is 18.4 Å². The highest BCUT2D eigenvalue weighted by Crippen LogP contribution is 2.32. The van der Waals surface area contributed by atoms with E-state index in [1.807, 2.05) is 41.6 Å². The highest BCUT2D eigenvalue weighted by atomic mass is 32.1. The first kappa shape index (κ1) is 16.0. The van der Waals surface area contributed by atoms with Crippen LogP contribution in [0.25, 0.3) is 0 Å². The molecule has 4 nitrogen and oxygen atoms in total. The van der Waals surface area contributed by atoms with Gasteiger partial charge in [0.15, 0.2) is 0 Å². The lowest BCUT2D eigenvalue weighted by Crippen LogP contribution is -2.39. The maximum absolute atomic E-state index is 12.8. The summed E-state index contributed by atoms with van der Waals surface area (Å²) < 4.78 is 5.36. The van der Waals surface area contributed by atoms with Crippen LogP contribution in [0, 0.1) is 6.92 Å². The lowest BCUT2D eigenvalue weighted by Gasteiger charge is -2.34. The molecule has 23 heavy (non-hydrogen) atoms. The number of nitrogens with zero attached hydrogens (tertiary/aromatic N) is 2. The van der Waals surface area contributed by atoms with Gasteiger partial charge in [-0.25, -0.2) is 4.98 Å². The van der Waals surface area contributed by atoms with E-state index in [-0.39, 0.29) is 11.9 Å². The van der Waals surface area contributed by atoms with Gasteiger partial charge in [0.25, 0.3) is 0 Å². The number of piperidine rings is 1. The molecule has 1 aromatic carbocycles. The number of benzene rings is 1. The first-order chi connectivity index (χ1) is 11.2. The van der Waals surface area contributed by atoms with Crippen molar-refractivity contribution in [3.8, 4) is 5.75 Å². The van der Waals surface area contributed by atoms with Crippen LogP contribution in [0.3, 0.4) is 0 Å². The van der Waals surface area contributed by atoms with Crippen molar-refractivity contribution in [2.45, 2.75) is 38.6 Å². The van der Waals surface area contributed by atoms with E-state index in [0.29, 0.717) is 6.42 Å². The lowest BCUT2D eigenvalue weighted by molar-refractivity contribution is -0.134. The number of hydrogen-bond acceptors (Lipinski definition) is 4. The standard InChI is InChI=1S/C18H22N2O2S/c1-13-6-7-14(11-16(13)22-2)12-17(21)20-9-4-3-5-15(20)18-19-8-10-23-18/h6-8,10-11,15H,3-5,9,12H2,1-2H3/t15-/m0/s1. The van der Waals surface area contributed by atoms with Crippen LogP contribution in [0.2, 0.25) is 0 Å². The molecular weight excluding hydrogens is 308 g/mol. The number of likely N-dealkylation sites (tertiary alicyclic amines) is 1. The van der Waals surface area contributed by atoms with E-state index < -0.39 is 0 Å². The van der Waals surface area contributed by atoms with E-state index in [9.17, 15) is 4.79 Å². The Balaban J connectivity index is 1.76. The summed E-state index contributed by atoms with van der Waals surface area (Å²) in [5, 5.41) is 3.04. The predicted octanol–water partition coefficient (Wildman–Crippen LogP) is 3.76. The molecule has 1 aliphatic heterocycles. The SMILES string of the molecule is COc1cc(CC(=O)N2CCCC[C@H]2c2nccs2)ccc1C. The van der Waals surface area contributed by atoms with E-state index in [2.05, 4.69) is 4.98 Å². The molecule has 5 heteroatoms. The molecule has 0 N–H and O–H groups in total. The number of amides is 1. The Bertz CT molecular complexity index is 670. The smallest absolute Gasteiger partial charge is 0.227 e. The zero-order valence-corrected chi connectivity index (χ0v) is 14.4. The fourth-order valence-electron chi connectivity index (χ4n) is 3.14. The Kier molecular flexibility index (Phi) is 4.96. The van der Waals surface area contributed by atoms with Crippen LogP contribution in [0.5, 0.6) is 5.75 Å². The maximum atomic E-state index is 12.8. The average Bonchev–Trinajstić information content (AvgIpc) is 3.11. The minimum absolute atomic E-state index is 0.142. The molecule has 0 spiro atoms. The van der Waals surface area contributed by atoms with Crippen LogP contribution < -0.4 is 4.74 Å². The number of ether oxygens (including phenoxy) is 1. The van der Waals surface area contributed by atoms with Gasteiger partial charge in [0.05, 0.1) is 19.6 Å². The Labute approximate surface area is 141 Å². The zero-order chi connectivity index (χ0) is 16.2. The Morgan fingerprint density at radius 1 is 1.43 bits per heavy atom. The van der Waals surface area contributed by atoms with Crippen LogP contribution >= 0.6 is 11.3 Å². The van der Waals surface area contributed by atoms with Gasteiger partial charge in [-0.2, -0.15) is 0 Å². The van der Waals surface area contributed by atoms with Gasteiger partial charge in [0.2, 0.25) is 5.91 Å². The van der Waals surface area contributed by atoms with Gasteiger partial charge < -0.3 is 9.64 Å². The van der Waals surface area contributed by atoms with Crippen molar-refractivity contribution in [2.75, 3.05) is 13.7 Å². The molecule has 122 valence electrons. The van der Waals surface area contributed by atoms with Gasteiger partial charge in [0, 0.05) is 18.1 Å². The van der Waals surface area contributed by atoms with Crippen molar-refractivity contribution in [1.82, 2.24) is 9.88 Å². The second-order valence-corrected chi connectivity index (χ2v) is 6.88. The monoisotopic (exact) mass is 330 g/mol. The maximum Gasteiger partial charge on any atom is 0.227 e. The molecule has 0 saturated carbocycles. The molecule has 0 unspecified atom stereocenters. The second-order valence-electron chi connectivity index (χ2n) is 5.95. The van der Waals surface area contributed by atoms with Crippen molar-refractivity contribution < 1.29 is 9.53 Å². The van der Waals surface area contributed by atoms with E-state index in [1.165, 1.54) is 0 Å². The summed E-state index contributed by atoms with van der Waals surface area (Å²) >= 11 is 1.64. The fraction of sp³-hybridized carbons (Fsp3) is 0.444. The summed E-state index contributed by atoms with van der Waals surface area (Å²) in [6, 6.07) is 6.13. The molecule has 1 saturated heterocycles. The van der Waals surface area contributed by atoms with Gasteiger partial charge in [0.1, 0.15) is 10.8 Å². The van der Waals surface area contributed by atoms with Gasteiger partial charge in [-0.05, 0) is 43.4 Å². The minimum atomic E-state index is 0.142. The van der Waals surface area contributed by atoms with Crippen LogP contribution in [-0.4, -0.2) is 29.4 Å². The molecule has 0 aliphatic carbocycles. The van der Waals surface area contributed by atoms with E-state index in [0.717, 1.165) is 47.7 Å². The van der Waals surface area contributed by atoms with Crippen molar-refractivity contribution >= 4 is 17.2 Å². The summed E-state index contributed by atoms with van der Waals surface area (Å²) in [6.07, 6.45) is 5.48. The average molecular weight is 330 g/mol. The number of thiazole rings is 1. The molecule has 2 heterocycles. The van der Waals surface area contributed by atoms with Gasteiger partial charge in [-0.1, -0.05) is 12.1 Å². The molecule has 2 aromatic rings. The van der Waals surface area contributed by atoms with Crippen molar-refractivity contribution in [1.29, 1.82) is 0 Å². The topological polar surface area (TPSA) is 42.4 Å². The quantitative estimate of drug-likeness (QED) is 0.857. The van der Waals surface area contributed by atoms with Crippen LogP contribution in [0.1, 0.15) is 41.4 Å². The third kappa shape index (κ3) is 3.55. The predicted molar refractivity (Wildman–Crippen MR) is 91.9 cm³/mol. The van der Waals surface area contributed by atoms with Gasteiger partial charge in [-0.3, -0.25) is 4.79 Å². The Morgan fingerprint density at radius 2 is 2.30 bits per heavy atom. The molecule has 1 aromatic heterocycles. The number of aryl methyl sites for hydroxylation is 1. The van der Waals surface area contributed by atoms with Crippen LogP contribution in [0.15, 0.2) is 29.8 Å². The normalized spacial score (nSPS) is 18.0.